The first-order chi connectivity index (χ1) is 6.63. The smallest absolute Gasteiger partial charge is 0.141 e. The van der Waals surface area contributed by atoms with Gasteiger partial charge in [-0.2, -0.15) is 0 Å². The molecule has 0 saturated carbocycles. The lowest BCUT2D eigenvalue weighted by molar-refractivity contribution is 0.628. The van der Waals surface area contributed by atoms with Gasteiger partial charge in [0.2, 0.25) is 0 Å². The molecule has 1 nitrogen and oxygen atoms in total. The van der Waals surface area contributed by atoms with Gasteiger partial charge in [-0.15, -0.1) is 0 Å². The zero-order chi connectivity index (χ0) is 10.6. The Morgan fingerprint density at radius 3 is 2.79 bits per heavy atom. The van der Waals surface area contributed by atoms with Crippen LogP contribution in [-0.4, -0.2) is 6.54 Å². The van der Waals surface area contributed by atoms with Gasteiger partial charge in [0.05, 0.1) is 11.6 Å². The predicted octanol–water partition coefficient (Wildman–Crippen LogP) is 4.21. The van der Waals surface area contributed by atoms with Crippen LogP contribution in [0.3, 0.4) is 0 Å². The van der Waals surface area contributed by atoms with Gasteiger partial charge >= 0.3 is 0 Å². The van der Waals surface area contributed by atoms with E-state index in [0.29, 0.717) is 17.3 Å². The molecule has 5 heteroatoms. The summed E-state index contributed by atoms with van der Waals surface area (Å²) in [6, 6.07) is 4.33. The number of hydrogen-bond acceptors (Lipinski definition) is 1. The molecule has 0 radical (unpaired) electrons. The first-order valence-corrected chi connectivity index (χ1v) is 4.96. The van der Waals surface area contributed by atoms with Crippen molar-refractivity contribution >= 4 is 40.5 Å². The Morgan fingerprint density at radius 1 is 1.50 bits per heavy atom. The summed E-state index contributed by atoms with van der Waals surface area (Å²) in [5.41, 5.74) is 1.95. The SMILES string of the molecule is Fc1ccc(NC/C(Cl)=C/Cl)cc1Cl. The van der Waals surface area contributed by atoms with Crippen molar-refractivity contribution in [2.24, 2.45) is 0 Å². The molecule has 0 atom stereocenters. The van der Waals surface area contributed by atoms with Gasteiger partial charge in [0.25, 0.3) is 0 Å². The fraction of sp³-hybridized carbons (Fsp3) is 0.111. The molecule has 0 aliphatic heterocycles. The van der Waals surface area contributed by atoms with Crippen LogP contribution >= 0.6 is 34.8 Å². The second-order valence-electron chi connectivity index (χ2n) is 2.54. The summed E-state index contributed by atoms with van der Waals surface area (Å²) in [5.74, 6) is -0.448. The van der Waals surface area contributed by atoms with Gasteiger partial charge in [-0.1, -0.05) is 34.8 Å². The third-order valence-electron chi connectivity index (χ3n) is 1.50. The molecule has 1 aromatic rings. The highest BCUT2D eigenvalue weighted by Crippen LogP contribution is 2.19. The monoisotopic (exact) mass is 253 g/mol. The zero-order valence-corrected chi connectivity index (χ0v) is 9.30. The molecule has 1 rings (SSSR count). The van der Waals surface area contributed by atoms with E-state index in [1.54, 1.807) is 6.07 Å². The molecule has 0 aromatic heterocycles. The van der Waals surface area contributed by atoms with Crippen LogP contribution in [0.25, 0.3) is 0 Å². The van der Waals surface area contributed by atoms with Gasteiger partial charge in [-0.25, -0.2) is 4.39 Å². The van der Waals surface area contributed by atoms with Crippen molar-refractivity contribution in [1.29, 1.82) is 0 Å². The number of rotatable bonds is 3. The van der Waals surface area contributed by atoms with Crippen molar-refractivity contribution < 1.29 is 4.39 Å². The first-order valence-electron chi connectivity index (χ1n) is 3.77. The van der Waals surface area contributed by atoms with Gasteiger partial charge in [-0.3, -0.25) is 0 Å². The normalized spacial score (nSPS) is 11.6. The molecule has 0 amide bonds. The van der Waals surface area contributed by atoms with Gasteiger partial charge in [0, 0.05) is 16.3 Å². The highest BCUT2D eigenvalue weighted by molar-refractivity contribution is 6.36. The van der Waals surface area contributed by atoms with Crippen molar-refractivity contribution in [2.45, 2.75) is 0 Å². The van der Waals surface area contributed by atoms with Gasteiger partial charge in [-0.05, 0) is 18.2 Å². The van der Waals surface area contributed by atoms with Crippen LogP contribution in [0.1, 0.15) is 0 Å². The minimum atomic E-state index is -0.448. The molecular formula is C9H7Cl3FN. The van der Waals surface area contributed by atoms with Crippen LogP contribution < -0.4 is 5.32 Å². The number of halogens is 4. The maximum atomic E-state index is 12.7. The van der Waals surface area contributed by atoms with E-state index in [0.717, 1.165) is 0 Å². The van der Waals surface area contributed by atoms with Crippen molar-refractivity contribution in [3.63, 3.8) is 0 Å². The average molecular weight is 255 g/mol. The molecule has 0 heterocycles. The maximum Gasteiger partial charge on any atom is 0.141 e. The molecule has 0 aliphatic rings. The van der Waals surface area contributed by atoms with E-state index in [2.05, 4.69) is 5.32 Å². The van der Waals surface area contributed by atoms with Crippen LogP contribution in [0, 0.1) is 5.82 Å². The molecule has 0 fully saturated rings. The maximum absolute atomic E-state index is 12.7. The van der Waals surface area contributed by atoms with Crippen molar-refractivity contribution in [2.75, 3.05) is 11.9 Å². The van der Waals surface area contributed by atoms with Crippen LogP contribution in [-0.2, 0) is 0 Å². The Bertz CT molecular complexity index is 352. The Labute approximate surface area is 96.5 Å². The fourth-order valence-electron chi connectivity index (χ4n) is 0.831. The minimum Gasteiger partial charge on any atom is -0.380 e. The topological polar surface area (TPSA) is 12.0 Å². The number of hydrogen-bond donors (Lipinski definition) is 1. The molecule has 14 heavy (non-hydrogen) atoms. The van der Waals surface area contributed by atoms with E-state index in [9.17, 15) is 4.39 Å². The molecule has 1 N–H and O–H groups in total. The molecule has 1 aromatic carbocycles. The van der Waals surface area contributed by atoms with Crippen molar-refractivity contribution in [3.05, 3.63) is 39.6 Å². The number of anilines is 1. The lowest BCUT2D eigenvalue weighted by atomic mass is 10.3. The lowest BCUT2D eigenvalue weighted by Gasteiger charge is -2.05. The van der Waals surface area contributed by atoms with E-state index in [-0.39, 0.29) is 5.02 Å². The fourth-order valence-corrected chi connectivity index (χ4v) is 1.16. The van der Waals surface area contributed by atoms with E-state index in [1.807, 2.05) is 0 Å². The largest absolute Gasteiger partial charge is 0.380 e. The summed E-state index contributed by atoms with van der Waals surface area (Å²) in [4.78, 5) is 0. The minimum absolute atomic E-state index is 0.0703. The van der Waals surface area contributed by atoms with E-state index >= 15 is 0 Å². The number of nitrogens with one attached hydrogen (secondary N) is 1. The highest BCUT2D eigenvalue weighted by Gasteiger charge is 2.00. The number of benzene rings is 1. The lowest BCUT2D eigenvalue weighted by Crippen LogP contribution is -2.01. The van der Waals surface area contributed by atoms with Crippen molar-refractivity contribution in [1.82, 2.24) is 0 Å². The Kier molecular flexibility index (Phi) is 4.52. The van der Waals surface area contributed by atoms with E-state index < -0.39 is 5.82 Å². The van der Waals surface area contributed by atoms with Gasteiger partial charge in [0.1, 0.15) is 5.82 Å². The van der Waals surface area contributed by atoms with E-state index in [1.165, 1.54) is 17.7 Å². The van der Waals surface area contributed by atoms with Gasteiger partial charge in [0.15, 0.2) is 0 Å². The zero-order valence-electron chi connectivity index (χ0n) is 7.03. The van der Waals surface area contributed by atoms with Gasteiger partial charge < -0.3 is 5.32 Å². The third-order valence-corrected chi connectivity index (χ3v) is 2.41. The Morgan fingerprint density at radius 2 is 2.21 bits per heavy atom. The third kappa shape index (κ3) is 3.37. The van der Waals surface area contributed by atoms with Crippen LogP contribution in [0.15, 0.2) is 28.8 Å². The first kappa shape index (κ1) is 11.6. The summed E-state index contributed by atoms with van der Waals surface area (Å²) in [6.07, 6.45) is 0. The average Bonchev–Trinajstić information content (AvgIpc) is 2.19. The van der Waals surface area contributed by atoms with Crippen molar-refractivity contribution in [3.8, 4) is 0 Å². The summed E-state index contributed by atoms with van der Waals surface area (Å²) in [5, 5.41) is 3.46. The molecule has 0 unspecified atom stereocenters. The Balaban J connectivity index is 2.64. The molecular weight excluding hydrogens is 247 g/mol. The molecule has 76 valence electrons. The van der Waals surface area contributed by atoms with Crippen LogP contribution in [0.2, 0.25) is 5.02 Å². The molecule has 0 bridgehead atoms. The molecule has 0 spiro atoms. The summed E-state index contributed by atoms with van der Waals surface area (Å²) in [6.45, 7) is 0.382. The quantitative estimate of drug-likeness (QED) is 0.852. The van der Waals surface area contributed by atoms with Crippen LogP contribution in [0.4, 0.5) is 10.1 Å². The summed E-state index contributed by atoms with van der Waals surface area (Å²) in [7, 11) is 0. The second kappa shape index (κ2) is 5.44. The summed E-state index contributed by atoms with van der Waals surface area (Å²) < 4.78 is 12.7. The standard InChI is InChI=1S/C9H7Cl3FN/c10-4-6(11)5-14-7-1-2-9(13)8(12)3-7/h1-4,14H,5H2/b6-4-. The second-order valence-corrected chi connectivity index (χ2v) is 3.65. The molecule has 0 saturated heterocycles. The Hall–Kier alpha value is -0.440. The predicted molar refractivity (Wildman–Crippen MR) is 59.7 cm³/mol. The summed E-state index contributed by atoms with van der Waals surface area (Å²) >= 11 is 16.6. The molecule has 0 aliphatic carbocycles. The van der Waals surface area contributed by atoms with E-state index in [4.69, 9.17) is 34.8 Å². The van der Waals surface area contributed by atoms with Crippen LogP contribution in [0.5, 0.6) is 0 Å². The highest BCUT2D eigenvalue weighted by atomic mass is 35.5.